The topological polar surface area (TPSA) is 69.2 Å². The lowest BCUT2D eigenvalue weighted by Crippen LogP contribution is -2.31. The molecule has 1 atom stereocenters. The molecule has 2 aromatic heterocycles. The van der Waals surface area contributed by atoms with Gasteiger partial charge in [0.2, 0.25) is 5.91 Å². The van der Waals surface area contributed by atoms with Gasteiger partial charge in [0.15, 0.2) is 5.15 Å². The van der Waals surface area contributed by atoms with E-state index in [2.05, 4.69) is 15.9 Å². The number of aromatic nitrogens is 2. The SMILES string of the molecule is C#CCN(C(=O)CCC[S+]([O-])CCC(F)(F)F)c1sc(-c2cccnc2)nc1Cl. The number of thiazole rings is 1. The summed E-state index contributed by atoms with van der Waals surface area (Å²) in [6.45, 7) is -0.0373. The Morgan fingerprint density at radius 2 is 2.17 bits per heavy atom. The van der Waals surface area contributed by atoms with E-state index in [-0.39, 0.29) is 36.2 Å². The average molecular weight is 464 g/mol. The van der Waals surface area contributed by atoms with Crippen LogP contribution in [0.3, 0.4) is 0 Å². The van der Waals surface area contributed by atoms with Crippen molar-refractivity contribution in [2.24, 2.45) is 0 Å². The summed E-state index contributed by atoms with van der Waals surface area (Å²) in [4.78, 5) is 22.2. The second-order valence-corrected chi connectivity index (χ2v) is 8.89. The number of halogens is 4. The summed E-state index contributed by atoms with van der Waals surface area (Å²) >= 11 is 5.74. The molecule has 0 aromatic carbocycles. The van der Waals surface area contributed by atoms with Gasteiger partial charge < -0.3 is 4.55 Å². The first-order valence-electron chi connectivity index (χ1n) is 8.43. The maximum atomic E-state index is 12.6. The summed E-state index contributed by atoms with van der Waals surface area (Å²) in [5, 5.41) is 1.07. The van der Waals surface area contributed by atoms with Gasteiger partial charge in [0.05, 0.1) is 13.0 Å². The van der Waals surface area contributed by atoms with Gasteiger partial charge in [-0.1, -0.05) is 40.0 Å². The van der Waals surface area contributed by atoms with Crippen molar-refractivity contribution < 1.29 is 22.5 Å². The molecule has 1 unspecified atom stereocenters. The average Bonchev–Trinajstić information content (AvgIpc) is 3.06. The number of amides is 1. The van der Waals surface area contributed by atoms with E-state index < -0.39 is 29.5 Å². The van der Waals surface area contributed by atoms with Gasteiger partial charge in [-0.05, 0) is 12.1 Å². The summed E-state index contributed by atoms with van der Waals surface area (Å²) in [5.41, 5.74) is 0.735. The third-order valence-electron chi connectivity index (χ3n) is 3.65. The Balaban J connectivity index is 2.00. The van der Waals surface area contributed by atoms with E-state index in [0.29, 0.717) is 10.0 Å². The van der Waals surface area contributed by atoms with Gasteiger partial charge in [-0.25, -0.2) is 4.98 Å². The fourth-order valence-electron chi connectivity index (χ4n) is 2.29. The second kappa shape index (κ2) is 10.8. The highest BCUT2D eigenvalue weighted by Crippen LogP contribution is 2.37. The molecule has 0 radical (unpaired) electrons. The van der Waals surface area contributed by atoms with Crippen LogP contribution < -0.4 is 4.90 Å². The van der Waals surface area contributed by atoms with E-state index in [1.165, 1.54) is 16.2 Å². The second-order valence-electron chi connectivity index (χ2n) is 5.86. The smallest absolute Gasteiger partial charge is 0.393 e. The molecule has 156 valence electrons. The Morgan fingerprint density at radius 3 is 2.79 bits per heavy atom. The van der Waals surface area contributed by atoms with Crippen LogP contribution in [0.25, 0.3) is 10.6 Å². The third-order valence-corrected chi connectivity index (χ3v) is 6.56. The van der Waals surface area contributed by atoms with Crippen LogP contribution in [0.2, 0.25) is 5.15 Å². The summed E-state index contributed by atoms with van der Waals surface area (Å²) in [6, 6.07) is 3.54. The number of alkyl halides is 3. The number of rotatable bonds is 9. The Hall–Kier alpha value is -1.80. The minimum absolute atomic E-state index is 0.00305. The van der Waals surface area contributed by atoms with Gasteiger partial charge in [0.1, 0.15) is 21.5 Å². The number of hydrogen-bond donors (Lipinski definition) is 0. The van der Waals surface area contributed by atoms with Crippen molar-refractivity contribution in [2.45, 2.75) is 25.4 Å². The van der Waals surface area contributed by atoms with E-state index >= 15 is 0 Å². The summed E-state index contributed by atoms with van der Waals surface area (Å²) in [6.07, 6.45) is 3.30. The van der Waals surface area contributed by atoms with Crippen molar-refractivity contribution in [3.8, 4) is 22.9 Å². The molecule has 0 N–H and O–H groups in total. The van der Waals surface area contributed by atoms with Gasteiger partial charge in [-0.2, -0.15) is 13.2 Å². The molecule has 11 heteroatoms. The number of nitrogens with zero attached hydrogens (tertiary/aromatic N) is 3. The monoisotopic (exact) mass is 463 g/mol. The number of carbonyl (C=O) groups is 1. The van der Waals surface area contributed by atoms with Crippen molar-refractivity contribution in [1.29, 1.82) is 0 Å². The summed E-state index contributed by atoms with van der Waals surface area (Å²) in [5.74, 6) is 1.56. The van der Waals surface area contributed by atoms with Crippen LogP contribution >= 0.6 is 22.9 Å². The minimum Gasteiger partial charge on any atom is -0.616 e. The van der Waals surface area contributed by atoms with E-state index in [4.69, 9.17) is 18.0 Å². The Bertz CT molecular complexity index is 856. The molecule has 0 aliphatic heterocycles. The molecule has 5 nitrogen and oxygen atoms in total. The molecule has 0 aliphatic rings. The first-order chi connectivity index (χ1) is 13.7. The van der Waals surface area contributed by atoms with Crippen molar-refractivity contribution in [2.75, 3.05) is 23.0 Å². The minimum atomic E-state index is -4.34. The fraction of sp³-hybridized carbons (Fsp3) is 0.389. The lowest BCUT2D eigenvalue weighted by Gasteiger charge is -2.19. The van der Waals surface area contributed by atoms with Crippen molar-refractivity contribution >= 4 is 45.0 Å². The lowest BCUT2D eigenvalue weighted by atomic mass is 10.3. The maximum Gasteiger partial charge on any atom is 0.393 e. The van der Waals surface area contributed by atoms with Crippen LogP contribution in [-0.4, -0.2) is 44.7 Å². The molecule has 29 heavy (non-hydrogen) atoms. The number of hydrogen-bond acceptors (Lipinski definition) is 5. The first kappa shape index (κ1) is 23.5. The highest BCUT2D eigenvalue weighted by atomic mass is 35.5. The Labute approximate surface area is 178 Å². The fourth-order valence-corrected chi connectivity index (χ4v) is 4.74. The molecule has 2 heterocycles. The molecule has 0 saturated carbocycles. The molecule has 2 aromatic rings. The van der Waals surface area contributed by atoms with E-state index in [9.17, 15) is 22.5 Å². The van der Waals surface area contributed by atoms with E-state index in [0.717, 1.165) is 5.56 Å². The van der Waals surface area contributed by atoms with Gasteiger partial charge in [-0.3, -0.25) is 14.7 Å². The van der Waals surface area contributed by atoms with Crippen LogP contribution in [0.1, 0.15) is 19.3 Å². The predicted octanol–water partition coefficient (Wildman–Crippen LogP) is 4.31. The van der Waals surface area contributed by atoms with Crippen LogP contribution in [0.5, 0.6) is 0 Å². The van der Waals surface area contributed by atoms with Crippen molar-refractivity contribution in [1.82, 2.24) is 9.97 Å². The van der Waals surface area contributed by atoms with Gasteiger partial charge >= 0.3 is 6.18 Å². The first-order valence-corrected chi connectivity index (χ1v) is 11.1. The Morgan fingerprint density at radius 1 is 1.41 bits per heavy atom. The van der Waals surface area contributed by atoms with Gasteiger partial charge in [-0.15, -0.1) is 6.42 Å². The van der Waals surface area contributed by atoms with Crippen LogP contribution in [0.15, 0.2) is 24.5 Å². The van der Waals surface area contributed by atoms with Crippen LogP contribution in [-0.2, 0) is 16.0 Å². The maximum absolute atomic E-state index is 12.6. The van der Waals surface area contributed by atoms with E-state index in [1.807, 2.05) is 0 Å². The number of anilines is 1. The molecular weight excluding hydrogens is 447 g/mol. The highest BCUT2D eigenvalue weighted by molar-refractivity contribution is 7.91. The molecule has 0 fully saturated rings. The third kappa shape index (κ3) is 7.51. The van der Waals surface area contributed by atoms with Gasteiger partial charge in [0.25, 0.3) is 0 Å². The quantitative estimate of drug-likeness (QED) is 0.410. The largest absolute Gasteiger partial charge is 0.616 e. The molecule has 0 spiro atoms. The molecule has 0 bridgehead atoms. The van der Waals surface area contributed by atoms with Gasteiger partial charge in [0, 0.05) is 30.8 Å². The molecule has 2 rings (SSSR count). The normalized spacial score (nSPS) is 12.4. The van der Waals surface area contributed by atoms with Crippen LogP contribution in [0, 0.1) is 12.3 Å². The predicted molar refractivity (Wildman–Crippen MR) is 109 cm³/mol. The zero-order valence-corrected chi connectivity index (χ0v) is 17.5. The molecule has 0 aliphatic carbocycles. The lowest BCUT2D eigenvalue weighted by molar-refractivity contribution is -0.130. The summed E-state index contributed by atoms with van der Waals surface area (Å²) < 4.78 is 48.2. The Kier molecular flexibility index (Phi) is 8.77. The van der Waals surface area contributed by atoms with Crippen molar-refractivity contribution in [3.05, 3.63) is 29.7 Å². The summed E-state index contributed by atoms with van der Waals surface area (Å²) in [7, 11) is 0. The number of pyridine rings is 1. The van der Waals surface area contributed by atoms with Crippen LogP contribution in [0.4, 0.5) is 18.2 Å². The number of terminal acetylenes is 1. The zero-order valence-electron chi connectivity index (χ0n) is 15.1. The molecular formula is C18H17ClF3N3O2S2. The molecule has 1 amide bonds. The van der Waals surface area contributed by atoms with Crippen molar-refractivity contribution in [3.63, 3.8) is 0 Å². The molecule has 0 saturated heterocycles. The number of carbonyl (C=O) groups excluding carboxylic acids is 1. The zero-order chi connectivity index (χ0) is 21.4. The standard InChI is InChI=1S/C18H17ClF3N3O2S2/c1-2-9-25(14(26)6-4-10-29(27)11-7-18(20,21)22)17-15(19)24-16(28-17)13-5-3-8-23-12-13/h1,3,5,8,12H,4,6-7,9-11H2. The highest BCUT2D eigenvalue weighted by Gasteiger charge is 2.29. The van der Waals surface area contributed by atoms with E-state index in [1.54, 1.807) is 24.5 Å².